The van der Waals surface area contributed by atoms with Gasteiger partial charge in [-0.25, -0.2) is 15.0 Å². The molecule has 3 atom stereocenters. The second kappa shape index (κ2) is 11.3. The molecule has 0 unspecified atom stereocenters. The van der Waals surface area contributed by atoms with Crippen LogP contribution in [0.1, 0.15) is 55.5 Å². The van der Waals surface area contributed by atoms with Crippen molar-refractivity contribution in [2.45, 2.75) is 64.5 Å². The standard InChI is InChI=1S/C24H33N5O4/c25-24(31)32-16-20-18-10-12-21-22(13-11-19(18)20)29(28-26-21)14-6-2-5-9-23(30)27-33-15-17-7-3-1-4-8-17/h1,3-4,7-8,18-20H,2,5-6,9-16H2,(H2,25,31)(H,27,30)/t18-,19+,20-/m0/s1. The van der Waals surface area contributed by atoms with Crippen molar-refractivity contribution in [2.24, 2.45) is 23.5 Å². The Hall–Kier alpha value is -2.94. The molecule has 0 bridgehead atoms. The Labute approximate surface area is 194 Å². The number of amides is 2. The van der Waals surface area contributed by atoms with Gasteiger partial charge in [0.05, 0.1) is 24.6 Å². The van der Waals surface area contributed by atoms with Crippen LogP contribution in [0, 0.1) is 17.8 Å². The molecule has 0 saturated heterocycles. The summed E-state index contributed by atoms with van der Waals surface area (Å²) in [5.41, 5.74) is 11.0. The molecule has 1 heterocycles. The van der Waals surface area contributed by atoms with Crippen LogP contribution in [0.25, 0.3) is 0 Å². The number of fused-ring (bicyclic) bond motifs is 2. The van der Waals surface area contributed by atoms with Crippen molar-refractivity contribution < 1.29 is 19.2 Å². The maximum Gasteiger partial charge on any atom is 0.404 e. The van der Waals surface area contributed by atoms with Crippen molar-refractivity contribution in [2.75, 3.05) is 6.61 Å². The van der Waals surface area contributed by atoms with E-state index >= 15 is 0 Å². The molecule has 1 aromatic carbocycles. The number of nitrogens with zero attached hydrogens (tertiary/aromatic N) is 3. The number of rotatable bonds is 11. The Bertz CT molecular complexity index is 932. The number of carbonyl (C=O) groups excluding carboxylic acids is 2. The van der Waals surface area contributed by atoms with Crippen LogP contribution in [-0.2, 0) is 40.4 Å². The zero-order valence-electron chi connectivity index (χ0n) is 18.9. The topological polar surface area (TPSA) is 121 Å². The molecule has 33 heavy (non-hydrogen) atoms. The van der Waals surface area contributed by atoms with Gasteiger partial charge >= 0.3 is 6.09 Å². The maximum atomic E-state index is 11.9. The van der Waals surface area contributed by atoms with Crippen LogP contribution in [0.2, 0.25) is 0 Å². The van der Waals surface area contributed by atoms with Crippen molar-refractivity contribution in [3.63, 3.8) is 0 Å². The SMILES string of the molecule is NC(=O)OC[C@@H]1[C@@H]2CCc3c(nnn3CCCCCC(=O)NOCc3ccccc3)CC[C@@H]21. The summed E-state index contributed by atoms with van der Waals surface area (Å²) >= 11 is 0. The van der Waals surface area contributed by atoms with Crippen LogP contribution in [-0.4, -0.2) is 33.6 Å². The molecule has 1 aromatic heterocycles. The zero-order chi connectivity index (χ0) is 23.0. The monoisotopic (exact) mass is 455 g/mol. The Morgan fingerprint density at radius 2 is 1.88 bits per heavy atom. The molecule has 0 radical (unpaired) electrons. The summed E-state index contributed by atoms with van der Waals surface area (Å²) in [5.74, 6) is 1.55. The van der Waals surface area contributed by atoms with Crippen molar-refractivity contribution >= 4 is 12.0 Å². The summed E-state index contributed by atoms with van der Waals surface area (Å²) in [4.78, 5) is 28.1. The number of hydroxylamine groups is 1. The second-order valence-electron chi connectivity index (χ2n) is 9.02. The first-order valence-electron chi connectivity index (χ1n) is 11.9. The minimum absolute atomic E-state index is 0.0920. The van der Waals surface area contributed by atoms with Gasteiger partial charge in [0.1, 0.15) is 0 Å². The number of aryl methyl sites for hydroxylation is 2. The number of benzene rings is 1. The van der Waals surface area contributed by atoms with Gasteiger partial charge in [0.25, 0.3) is 0 Å². The lowest BCUT2D eigenvalue weighted by Crippen LogP contribution is -2.23. The highest BCUT2D eigenvalue weighted by Crippen LogP contribution is 2.52. The maximum absolute atomic E-state index is 11.9. The highest BCUT2D eigenvalue weighted by molar-refractivity contribution is 5.74. The van der Waals surface area contributed by atoms with Crippen molar-refractivity contribution in [1.29, 1.82) is 0 Å². The van der Waals surface area contributed by atoms with Crippen molar-refractivity contribution in [3.05, 3.63) is 47.3 Å². The molecule has 2 amide bonds. The summed E-state index contributed by atoms with van der Waals surface area (Å²) < 4.78 is 7.06. The van der Waals surface area contributed by atoms with E-state index in [9.17, 15) is 9.59 Å². The molecule has 2 aliphatic carbocycles. The van der Waals surface area contributed by atoms with E-state index in [0.29, 0.717) is 37.4 Å². The number of carbonyl (C=O) groups is 2. The average Bonchev–Trinajstić information content (AvgIpc) is 3.31. The summed E-state index contributed by atoms with van der Waals surface area (Å²) in [6.45, 7) is 1.62. The average molecular weight is 456 g/mol. The molecule has 2 aromatic rings. The first-order chi connectivity index (χ1) is 16.1. The summed E-state index contributed by atoms with van der Waals surface area (Å²) in [5, 5.41) is 8.81. The van der Waals surface area contributed by atoms with Crippen LogP contribution in [0.3, 0.4) is 0 Å². The number of nitrogens with two attached hydrogens (primary N) is 1. The molecule has 4 rings (SSSR count). The number of nitrogens with one attached hydrogen (secondary N) is 1. The van der Waals surface area contributed by atoms with Gasteiger partial charge in [0.2, 0.25) is 5.91 Å². The number of hydrogen-bond acceptors (Lipinski definition) is 6. The molecule has 9 nitrogen and oxygen atoms in total. The summed E-state index contributed by atoms with van der Waals surface area (Å²) in [6.07, 6.45) is 6.47. The van der Waals surface area contributed by atoms with Gasteiger partial charge in [-0.15, -0.1) is 5.10 Å². The lowest BCUT2D eigenvalue weighted by molar-refractivity contribution is -0.134. The smallest absolute Gasteiger partial charge is 0.404 e. The normalized spacial score (nSPS) is 21.3. The van der Waals surface area contributed by atoms with E-state index in [2.05, 4.69) is 15.8 Å². The predicted molar refractivity (Wildman–Crippen MR) is 121 cm³/mol. The van der Waals surface area contributed by atoms with Crippen molar-refractivity contribution in [1.82, 2.24) is 20.5 Å². The largest absolute Gasteiger partial charge is 0.449 e. The van der Waals surface area contributed by atoms with E-state index < -0.39 is 6.09 Å². The molecule has 3 N–H and O–H groups in total. The fourth-order valence-corrected chi connectivity index (χ4v) is 4.98. The minimum atomic E-state index is -0.688. The predicted octanol–water partition coefficient (Wildman–Crippen LogP) is 2.92. The molecule has 1 fully saturated rings. The molecule has 0 aliphatic heterocycles. The third-order valence-corrected chi connectivity index (χ3v) is 6.82. The fourth-order valence-electron chi connectivity index (χ4n) is 4.98. The highest BCUT2D eigenvalue weighted by Gasteiger charge is 2.50. The van der Waals surface area contributed by atoms with Crippen LogP contribution < -0.4 is 11.2 Å². The number of aromatic nitrogens is 3. The molecule has 178 valence electrons. The van der Waals surface area contributed by atoms with Gasteiger partial charge in [-0.05, 0) is 61.8 Å². The number of primary amides is 1. The van der Waals surface area contributed by atoms with Gasteiger partial charge in [-0.1, -0.05) is 42.0 Å². The van der Waals surface area contributed by atoms with Crippen LogP contribution in [0.5, 0.6) is 0 Å². The Kier molecular flexibility index (Phi) is 7.93. The van der Waals surface area contributed by atoms with E-state index in [1.54, 1.807) is 0 Å². The Balaban J connectivity index is 1.12. The number of hydrogen-bond donors (Lipinski definition) is 2. The van der Waals surface area contributed by atoms with Gasteiger partial charge in [-0.2, -0.15) is 0 Å². The lowest BCUT2D eigenvalue weighted by Gasteiger charge is -2.10. The first-order valence-corrected chi connectivity index (χ1v) is 11.9. The molecule has 2 aliphatic rings. The quantitative estimate of drug-likeness (QED) is 0.397. The molecular weight excluding hydrogens is 422 g/mol. The third kappa shape index (κ3) is 6.54. The highest BCUT2D eigenvalue weighted by atomic mass is 16.6. The number of unbranched alkanes of at least 4 members (excludes halogenated alkanes) is 2. The molecular formula is C24H33N5O4. The fraction of sp³-hybridized carbons (Fsp3) is 0.583. The van der Waals surface area contributed by atoms with Crippen molar-refractivity contribution in [3.8, 4) is 0 Å². The van der Waals surface area contributed by atoms with Crippen LogP contribution >= 0.6 is 0 Å². The third-order valence-electron chi connectivity index (χ3n) is 6.82. The van der Waals surface area contributed by atoms with Gasteiger partial charge in [0.15, 0.2) is 0 Å². The van der Waals surface area contributed by atoms with E-state index in [-0.39, 0.29) is 5.91 Å². The summed E-state index contributed by atoms with van der Waals surface area (Å²) in [7, 11) is 0. The molecule has 0 spiro atoms. The van der Waals surface area contributed by atoms with Gasteiger partial charge in [-0.3, -0.25) is 9.63 Å². The van der Waals surface area contributed by atoms with E-state index in [1.165, 1.54) is 5.69 Å². The first kappa shape index (κ1) is 23.2. The van der Waals surface area contributed by atoms with E-state index in [1.807, 2.05) is 35.0 Å². The van der Waals surface area contributed by atoms with Crippen LogP contribution in [0.15, 0.2) is 30.3 Å². The summed E-state index contributed by atoms with van der Waals surface area (Å²) in [6, 6.07) is 9.74. The van der Waals surface area contributed by atoms with Crippen LogP contribution in [0.4, 0.5) is 4.79 Å². The van der Waals surface area contributed by atoms with Gasteiger partial charge < -0.3 is 10.5 Å². The lowest BCUT2D eigenvalue weighted by atomic mass is 10.0. The molecule has 1 saturated carbocycles. The second-order valence-corrected chi connectivity index (χ2v) is 9.02. The van der Waals surface area contributed by atoms with Gasteiger partial charge in [0, 0.05) is 13.0 Å². The Morgan fingerprint density at radius 1 is 1.09 bits per heavy atom. The minimum Gasteiger partial charge on any atom is -0.449 e. The molecule has 9 heteroatoms. The zero-order valence-corrected chi connectivity index (χ0v) is 18.9. The Morgan fingerprint density at radius 3 is 2.67 bits per heavy atom. The number of ether oxygens (including phenoxy) is 1. The van der Waals surface area contributed by atoms with E-state index in [4.69, 9.17) is 15.3 Å². The van der Waals surface area contributed by atoms with E-state index in [0.717, 1.165) is 62.7 Å².